The molecule has 0 fully saturated rings. The summed E-state index contributed by atoms with van der Waals surface area (Å²) in [6.07, 6.45) is 3.78. The van der Waals surface area contributed by atoms with Crippen molar-refractivity contribution in [1.82, 2.24) is 24.9 Å². The number of benzene rings is 8. The van der Waals surface area contributed by atoms with Gasteiger partial charge in [-0.2, -0.15) is 0 Å². The lowest BCUT2D eigenvalue weighted by molar-refractivity contribution is 1.18. The lowest BCUT2D eigenvalue weighted by Gasteiger charge is -2.13. The van der Waals surface area contributed by atoms with E-state index in [4.69, 9.17) is 19.9 Å². The van der Waals surface area contributed by atoms with E-state index >= 15 is 0 Å². The number of hydrogen-bond donors (Lipinski definition) is 0. The molecule has 12 rings (SSSR count). The van der Waals surface area contributed by atoms with Gasteiger partial charge in [0.2, 0.25) is 0 Å². The molecule has 5 nitrogen and oxygen atoms in total. The van der Waals surface area contributed by atoms with Crippen molar-refractivity contribution in [1.29, 1.82) is 0 Å². The van der Waals surface area contributed by atoms with Gasteiger partial charge in [-0.1, -0.05) is 194 Å². The molecule has 5 heteroatoms. The molecule has 0 unspecified atom stereocenters. The first-order valence-electron chi connectivity index (χ1n) is 22.1. The first kappa shape index (κ1) is 38.7. The Bertz CT molecular complexity index is 3720. The Morgan fingerprint density at radius 2 is 0.803 bits per heavy atom. The van der Waals surface area contributed by atoms with Gasteiger partial charge in [-0.05, 0) is 69.1 Å². The molecule has 4 aromatic heterocycles. The second-order valence-corrected chi connectivity index (χ2v) is 16.5. The standard InChI is InChI=1S/C61H39N5/c1-4-12-42(13-5-1)53-37-56(64-60-52(53)32-30-47-31-33-55(63-59(47)60)44-14-6-2-7-15-44)46-26-22-40(23-27-46)41-24-28-48(29-25-41)61-65-57(45-16-8-3-9-17-45)38-58(66-61)50-20-10-19-49(36-50)51-21-11-18-43-34-35-62-39-54(43)51/h1-39H. The van der Waals surface area contributed by atoms with Gasteiger partial charge in [0.25, 0.3) is 0 Å². The van der Waals surface area contributed by atoms with Crippen LogP contribution in [0.4, 0.5) is 0 Å². The molecule has 0 amide bonds. The molecule has 308 valence electrons. The molecular formula is C61H39N5. The minimum atomic E-state index is 0.669. The topological polar surface area (TPSA) is 64.5 Å². The van der Waals surface area contributed by atoms with Crippen LogP contribution in [0.15, 0.2) is 237 Å². The molecule has 0 radical (unpaired) electrons. The maximum atomic E-state index is 5.35. The summed E-state index contributed by atoms with van der Waals surface area (Å²) in [6.45, 7) is 0. The Balaban J connectivity index is 0.895. The fourth-order valence-corrected chi connectivity index (χ4v) is 8.98. The van der Waals surface area contributed by atoms with Gasteiger partial charge in [0.1, 0.15) is 0 Å². The van der Waals surface area contributed by atoms with E-state index in [-0.39, 0.29) is 0 Å². The number of pyridine rings is 3. The highest BCUT2D eigenvalue weighted by molar-refractivity contribution is 6.09. The molecule has 0 aliphatic rings. The summed E-state index contributed by atoms with van der Waals surface area (Å²) in [5.74, 6) is 0.669. The number of fused-ring (bicyclic) bond motifs is 4. The predicted molar refractivity (Wildman–Crippen MR) is 271 cm³/mol. The Morgan fingerprint density at radius 1 is 0.258 bits per heavy atom. The molecule has 12 aromatic rings. The molecule has 0 saturated carbocycles. The Hall–Kier alpha value is -8.93. The second-order valence-electron chi connectivity index (χ2n) is 16.5. The van der Waals surface area contributed by atoms with Crippen molar-refractivity contribution in [2.45, 2.75) is 0 Å². The summed E-state index contributed by atoms with van der Waals surface area (Å²) in [5, 5.41) is 4.41. The smallest absolute Gasteiger partial charge is 0.160 e. The van der Waals surface area contributed by atoms with Crippen molar-refractivity contribution < 1.29 is 0 Å². The van der Waals surface area contributed by atoms with E-state index in [1.54, 1.807) is 0 Å². The molecule has 0 N–H and O–H groups in total. The zero-order chi connectivity index (χ0) is 43.8. The summed E-state index contributed by atoms with van der Waals surface area (Å²) in [5.41, 5.74) is 17.1. The van der Waals surface area contributed by atoms with Crippen molar-refractivity contribution in [3.8, 4) is 89.8 Å². The average molecular weight is 842 g/mol. The van der Waals surface area contributed by atoms with Crippen LogP contribution in [-0.4, -0.2) is 24.9 Å². The normalized spacial score (nSPS) is 11.3. The first-order chi connectivity index (χ1) is 32.7. The van der Waals surface area contributed by atoms with Gasteiger partial charge in [-0.15, -0.1) is 0 Å². The van der Waals surface area contributed by atoms with Gasteiger partial charge < -0.3 is 0 Å². The van der Waals surface area contributed by atoms with Crippen molar-refractivity contribution in [2.24, 2.45) is 0 Å². The Labute approximate surface area is 382 Å². The summed E-state index contributed by atoms with van der Waals surface area (Å²) < 4.78 is 0. The van der Waals surface area contributed by atoms with Crippen molar-refractivity contribution in [3.63, 3.8) is 0 Å². The van der Waals surface area contributed by atoms with Gasteiger partial charge in [0.05, 0.1) is 33.8 Å². The van der Waals surface area contributed by atoms with Crippen LogP contribution in [0.5, 0.6) is 0 Å². The SMILES string of the molecule is c1ccc(-c2cc(-c3cccc(-c4cccc5ccncc45)c3)nc(-c3ccc(-c4ccc(-c5cc(-c6ccccc6)c6ccc7ccc(-c8ccccc8)nc7c6n5)cc4)cc3)n2)cc1. The molecular weight excluding hydrogens is 803 g/mol. The van der Waals surface area contributed by atoms with Gasteiger partial charge in [-0.25, -0.2) is 19.9 Å². The molecule has 66 heavy (non-hydrogen) atoms. The maximum absolute atomic E-state index is 5.35. The highest BCUT2D eigenvalue weighted by Gasteiger charge is 2.16. The summed E-state index contributed by atoms with van der Waals surface area (Å²) in [7, 11) is 0. The second kappa shape index (κ2) is 16.6. The summed E-state index contributed by atoms with van der Waals surface area (Å²) in [4.78, 5) is 25.3. The third kappa shape index (κ3) is 7.34. The highest BCUT2D eigenvalue weighted by Crippen LogP contribution is 2.38. The van der Waals surface area contributed by atoms with Crippen molar-refractivity contribution in [2.75, 3.05) is 0 Å². The van der Waals surface area contributed by atoms with Gasteiger partial charge in [-0.3, -0.25) is 4.98 Å². The molecule has 0 bridgehead atoms. The maximum Gasteiger partial charge on any atom is 0.160 e. The Morgan fingerprint density at radius 3 is 1.53 bits per heavy atom. The van der Waals surface area contributed by atoms with Crippen LogP contribution < -0.4 is 0 Å². The molecule has 0 aliphatic heterocycles. The summed E-state index contributed by atoms with van der Waals surface area (Å²) in [6, 6.07) is 78.3. The van der Waals surface area contributed by atoms with Crippen molar-refractivity contribution in [3.05, 3.63) is 237 Å². The van der Waals surface area contributed by atoms with Crippen LogP contribution in [0.25, 0.3) is 122 Å². The van der Waals surface area contributed by atoms with Gasteiger partial charge in [0, 0.05) is 56.4 Å². The van der Waals surface area contributed by atoms with E-state index < -0.39 is 0 Å². The third-order valence-corrected chi connectivity index (χ3v) is 12.4. The largest absolute Gasteiger partial charge is 0.264 e. The Kier molecular flexibility index (Phi) is 9.77. The zero-order valence-corrected chi connectivity index (χ0v) is 35.8. The fourth-order valence-electron chi connectivity index (χ4n) is 8.98. The quantitative estimate of drug-likeness (QED) is 0.143. The van der Waals surface area contributed by atoms with Gasteiger partial charge >= 0.3 is 0 Å². The van der Waals surface area contributed by atoms with E-state index in [1.165, 1.54) is 0 Å². The van der Waals surface area contributed by atoms with E-state index in [0.29, 0.717) is 5.82 Å². The molecule has 0 aliphatic carbocycles. The van der Waals surface area contributed by atoms with Crippen molar-refractivity contribution >= 4 is 32.6 Å². The van der Waals surface area contributed by atoms with E-state index in [1.807, 2.05) is 48.8 Å². The van der Waals surface area contributed by atoms with Crippen LogP contribution in [0.1, 0.15) is 0 Å². The van der Waals surface area contributed by atoms with Crippen LogP contribution in [0.3, 0.4) is 0 Å². The average Bonchev–Trinajstić information content (AvgIpc) is 3.41. The van der Waals surface area contributed by atoms with Gasteiger partial charge in [0.15, 0.2) is 5.82 Å². The van der Waals surface area contributed by atoms with Crippen LogP contribution in [0, 0.1) is 0 Å². The van der Waals surface area contributed by atoms with Crippen LogP contribution in [0.2, 0.25) is 0 Å². The first-order valence-corrected chi connectivity index (χ1v) is 22.1. The summed E-state index contributed by atoms with van der Waals surface area (Å²) >= 11 is 0. The number of aromatic nitrogens is 5. The fraction of sp³-hybridized carbons (Fsp3) is 0. The lowest BCUT2D eigenvalue weighted by atomic mass is 9.96. The minimum absolute atomic E-state index is 0.669. The number of rotatable bonds is 8. The monoisotopic (exact) mass is 841 g/mol. The number of hydrogen-bond acceptors (Lipinski definition) is 5. The highest BCUT2D eigenvalue weighted by atomic mass is 14.9. The van der Waals surface area contributed by atoms with Crippen LogP contribution in [-0.2, 0) is 0 Å². The zero-order valence-electron chi connectivity index (χ0n) is 35.8. The van der Waals surface area contributed by atoms with E-state index in [0.717, 1.165) is 117 Å². The molecule has 0 atom stereocenters. The molecule has 4 heterocycles. The molecule has 8 aromatic carbocycles. The lowest BCUT2D eigenvalue weighted by Crippen LogP contribution is -1.96. The molecule has 0 saturated heterocycles. The third-order valence-electron chi connectivity index (χ3n) is 12.4. The predicted octanol–water partition coefficient (Wildman–Crippen LogP) is 15.5. The van der Waals surface area contributed by atoms with E-state index in [2.05, 4.69) is 193 Å². The van der Waals surface area contributed by atoms with Crippen LogP contribution >= 0.6 is 0 Å². The number of nitrogens with zero attached hydrogens (tertiary/aromatic N) is 5. The molecule has 0 spiro atoms. The minimum Gasteiger partial charge on any atom is -0.264 e. The van der Waals surface area contributed by atoms with E-state index in [9.17, 15) is 0 Å².